The van der Waals surface area contributed by atoms with Crippen molar-refractivity contribution in [1.82, 2.24) is 10.3 Å². The van der Waals surface area contributed by atoms with E-state index in [4.69, 9.17) is 25.5 Å². The van der Waals surface area contributed by atoms with E-state index in [9.17, 15) is 4.79 Å². The van der Waals surface area contributed by atoms with Crippen LogP contribution in [0.2, 0.25) is 5.02 Å². The zero-order valence-corrected chi connectivity index (χ0v) is 17.6. The van der Waals surface area contributed by atoms with Crippen molar-refractivity contribution in [3.05, 3.63) is 34.7 Å². The molecular weight excluding hydrogens is 392 g/mol. The smallest absolute Gasteiger partial charge is 0.226 e. The molecule has 1 heterocycles. The maximum atomic E-state index is 11.1. The Morgan fingerprint density at radius 2 is 2.21 bits per heavy atom. The summed E-state index contributed by atoms with van der Waals surface area (Å²) in [4.78, 5) is 15.8. The number of benzene rings is 1. The lowest BCUT2D eigenvalue weighted by atomic mass is 9.99. The SMILES string of the molecule is CC(=O)NC(C)COC1CCc2oc(-c3ccc(OCC4CC4)c(Cl)c3)nc2C1. The third-order valence-corrected chi connectivity index (χ3v) is 5.57. The number of rotatable bonds is 8. The molecule has 4 rings (SSSR count). The molecule has 1 fully saturated rings. The van der Waals surface area contributed by atoms with Crippen LogP contribution in [0.4, 0.5) is 0 Å². The zero-order chi connectivity index (χ0) is 20.4. The Morgan fingerprint density at radius 1 is 1.38 bits per heavy atom. The highest BCUT2D eigenvalue weighted by atomic mass is 35.5. The first kappa shape index (κ1) is 20.2. The number of carbonyl (C=O) groups is 1. The molecule has 2 atom stereocenters. The van der Waals surface area contributed by atoms with Gasteiger partial charge >= 0.3 is 0 Å². The maximum absolute atomic E-state index is 11.1. The van der Waals surface area contributed by atoms with Gasteiger partial charge in [-0.25, -0.2) is 4.98 Å². The van der Waals surface area contributed by atoms with Crippen molar-refractivity contribution in [2.75, 3.05) is 13.2 Å². The van der Waals surface area contributed by atoms with E-state index >= 15 is 0 Å². The van der Waals surface area contributed by atoms with E-state index in [2.05, 4.69) is 10.3 Å². The van der Waals surface area contributed by atoms with Crippen molar-refractivity contribution < 1.29 is 18.7 Å². The van der Waals surface area contributed by atoms with Gasteiger partial charge in [0, 0.05) is 31.4 Å². The molecule has 2 aromatic rings. The first-order chi connectivity index (χ1) is 14.0. The third kappa shape index (κ3) is 5.31. The Kier molecular flexibility index (Phi) is 6.11. The molecule has 0 aliphatic heterocycles. The van der Waals surface area contributed by atoms with Gasteiger partial charge in [-0.2, -0.15) is 0 Å². The van der Waals surface area contributed by atoms with Crippen molar-refractivity contribution in [2.45, 2.75) is 58.1 Å². The van der Waals surface area contributed by atoms with Gasteiger partial charge in [0.05, 0.1) is 30.0 Å². The molecule has 2 aliphatic carbocycles. The lowest BCUT2D eigenvalue weighted by Crippen LogP contribution is -2.36. The van der Waals surface area contributed by atoms with Gasteiger partial charge in [0.1, 0.15) is 11.5 Å². The number of hydrogen-bond acceptors (Lipinski definition) is 5. The van der Waals surface area contributed by atoms with Gasteiger partial charge in [0.25, 0.3) is 0 Å². The summed E-state index contributed by atoms with van der Waals surface area (Å²) in [5.74, 6) is 2.84. The first-order valence-electron chi connectivity index (χ1n) is 10.3. The number of carbonyl (C=O) groups excluding carboxylic acids is 1. The standard InChI is InChI=1S/C22H27ClN2O4/c1-13(24-14(2)26)11-27-17-6-8-21-19(10-17)25-22(29-21)16-5-7-20(18(23)9-16)28-12-15-3-4-15/h5,7,9,13,15,17H,3-4,6,8,10-12H2,1-2H3,(H,24,26). The Hall–Kier alpha value is -2.05. The fraction of sp³-hybridized carbons (Fsp3) is 0.545. The summed E-state index contributed by atoms with van der Waals surface area (Å²) in [6.45, 7) is 4.67. The summed E-state index contributed by atoms with van der Waals surface area (Å²) < 4.78 is 17.8. The van der Waals surface area contributed by atoms with Gasteiger partial charge in [0.2, 0.25) is 11.8 Å². The van der Waals surface area contributed by atoms with Crippen molar-refractivity contribution in [1.29, 1.82) is 0 Å². The molecule has 0 bridgehead atoms. The van der Waals surface area contributed by atoms with Gasteiger partial charge in [0.15, 0.2) is 0 Å². The normalized spacial score (nSPS) is 19.5. The second-order valence-electron chi connectivity index (χ2n) is 8.09. The van der Waals surface area contributed by atoms with Crippen LogP contribution in [-0.2, 0) is 22.4 Å². The molecule has 0 saturated heterocycles. The van der Waals surface area contributed by atoms with Crippen molar-refractivity contribution in [2.24, 2.45) is 5.92 Å². The van der Waals surface area contributed by atoms with E-state index in [0.29, 0.717) is 35.6 Å². The first-order valence-corrected chi connectivity index (χ1v) is 10.7. The Balaban J connectivity index is 1.37. The minimum Gasteiger partial charge on any atom is -0.492 e. The Bertz CT molecular complexity index is 878. The molecule has 2 aliphatic rings. The largest absolute Gasteiger partial charge is 0.492 e. The summed E-state index contributed by atoms with van der Waals surface area (Å²) in [7, 11) is 0. The molecule has 1 N–H and O–H groups in total. The number of fused-ring (bicyclic) bond motifs is 1. The van der Waals surface area contributed by atoms with Gasteiger partial charge in [-0.15, -0.1) is 0 Å². The van der Waals surface area contributed by atoms with Crippen LogP contribution in [0.15, 0.2) is 22.6 Å². The molecule has 1 aromatic carbocycles. The molecule has 0 radical (unpaired) electrons. The summed E-state index contributed by atoms with van der Waals surface area (Å²) >= 11 is 6.40. The summed E-state index contributed by atoms with van der Waals surface area (Å²) in [6, 6.07) is 5.67. The number of amides is 1. The number of nitrogens with zero attached hydrogens (tertiary/aromatic N) is 1. The van der Waals surface area contributed by atoms with E-state index < -0.39 is 0 Å². The van der Waals surface area contributed by atoms with Crippen LogP contribution in [0.5, 0.6) is 5.75 Å². The van der Waals surface area contributed by atoms with Gasteiger partial charge in [-0.1, -0.05) is 11.6 Å². The number of aryl methyl sites for hydroxylation is 1. The average molecular weight is 419 g/mol. The number of aromatic nitrogens is 1. The van der Waals surface area contributed by atoms with Crippen LogP contribution in [0.3, 0.4) is 0 Å². The summed E-state index contributed by atoms with van der Waals surface area (Å²) in [6.07, 6.45) is 4.95. The average Bonchev–Trinajstić information content (AvgIpc) is 3.41. The van der Waals surface area contributed by atoms with Crippen LogP contribution in [0.1, 0.15) is 44.6 Å². The molecule has 1 amide bonds. The Labute approximate surface area is 175 Å². The molecule has 1 saturated carbocycles. The highest BCUT2D eigenvalue weighted by molar-refractivity contribution is 6.32. The van der Waals surface area contributed by atoms with E-state index in [1.54, 1.807) is 0 Å². The number of ether oxygens (including phenoxy) is 2. The molecule has 6 nitrogen and oxygen atoms in total. The zero-order valence-electron chi connectivity index (χ0n) is 16.9. The molecule has 1 aromatic heterocycles. The molecule has 2 unspecified atom stereocenters. The monoisotopic (exact) mass is 418 g/mol. The van der Waals surface area contributed by atoms with Gasteiger partial charge in [-0.05, 0) is 50.3 Å². The predicted molar refractivity (Wildman–Crippen MR) is 110 cm³/mol. The van der Waals surface area contributed by atoms with E-state index in [-0.39, 0.29) is 18.1 Å². The minimum absolute atomic E-state index is 0.00967. The fourth-order valence-electron chi connectivity index (χ4n) is 3.53. The maximum Gasteiger partial charge on any atom is 0.226 e. The topological polar surface area (TPSA) is 73.6 Å². The van der Waals surface area contributed by atoms with Crippen LogP contribution in [-0.4, -0.2) is 36.3 Å². The van der Waals surface area contributed by atoms with Gasteiger partial charge in [-0.3, -0.25) is 4.79 Å². The molecule has 156 valence electrons. The van der Waals surface area contributed by atoms with E-state index in [0.717, 1.165) is 36.5 Å². The number of hydrogen-bond donors (Lipinski definition) is 1. The van der Waals surface area contributed by atoms with Crippen LogP contribution in [0, 0.1) is 5.92 Å². The lowest BCUT2D eigenvalue weighted by molar-refractivity contribution is -0.120. The quantitative estimate of drug-likeness (QED) is 0.696. The molecule has 29 heavy (non-hydrogen) atoms. The summed E-state index contributed by atoms with van der Waals surface area (Å²) in [5.41, 5.74) is 1.79. The molecular formula is C22H27ClN2O4. The number of halogens is 1. The second-order valence-corrected chi connectivity index (χ2v) is 8.50. The summed E-state index contributed by atoms with van der Waals surface area (Å²) in [5, 5.41) is 3.41. The number of nitrogens with one attached hydrogen (secondary N) is 1. The fourth-order valence-corrected chi connectivity index (χ4v) is 3.76. The lowest BCUT2D eigenvalue weighted by Gasteiger charge is -2.23. The molecule has 0 spiro atoms. The van der Waals surface area contributed by atoms with Crippen LogP contribution >= 0.6 is 11.6 Å². The Morgan fingerprint density at radius 3 is 2.93 bits per heavy atom. The third-order valence-electron chi connectivity index (χ3n) is 5.27. The predicted octanol–water partition coefficient (Wildman–Crippen LogP) is 4.18. The second kappa shape index (κ2) is 8.76. The van der Waals surface area contributed by atoms with Crippen molar-refractivity contribution in [3.63, 3.8) is 0 Å². The van der Waals surface area contributed by atoms with Crippen molar-refractivity contribution in [3.8, 4) is 17.2 Å². The highest BCUT2D eigenvalue weighted by Crippen LogP contribution is 2.35. The van der Waals surface area contributed by atoms with Crippen LogP contribution < -0.4 is 10.1 Å². The van der Waals surface area contributed by atoms with Crippen molar-refractivity contribution >= 4 is 17.5 Å². The van der Waals surface area contributed by atoms with Gasteiger partial charge < -0.3 is 19.2 Å². The minimum atomic E-state index is -0.0456. The number of oxazole rings is 1. The highest BCUT2D eigenvalue weighted by Gasteiger charge is 2.26. The van der Waals surface area contributed by atoms with Crippen LogP contribution in [0.25, 0.3) is 11.5 Å². The molecule has 7 heteroatoms. The van der Waals surface area contributed by atoms with E-state index in [1.807, 2.05) is 25.1 Å². The van der Waals surface area contributed by atoms with E-state index in [1.165, 1.54) is 19.8 Å².